The highest BCUT2D eigenvalue weighted by Gasteiger charge is 2.30. The van der Waals surface area contributed by atoms with Crippen molar-refractivity contribution in [1.82, 2.24) is 15.4 Å². The second-order valence-electron chi connectivity index (χ2n) is 6.16. The highest BCUT2D eigenvalue weighted by molar-refractivity contribution is 6.31. The van der Waals surface area contributed by atoms with Crippen molar-refractivity contribution in [3.63, 3.8) is 0 Å². The topological polar surface area (TPSA) is 82.6 Å². The van der Waals surface area contributed by atoms with Gasteiger partial charge in [-0.3, -0.25) is 9.63 Å². The van der Waals surface area contributed by atoms with Gasteiger partial charge in [-0.05, 0) is 56.3 Å². The third kappa shape index (κ3) is 4.64. The van der Waals surface area contributed by atoms with Crippen LogP contribution in [0.1, 0.15) is 13.8 Å². The van der Waals surface area contributed by atoms with E-state index >= 15 is 0 Å². The maximum Gasteiger partial charge on any atom is 0.287 e. The van der Waals surface area contributed by atoms with Crippen LogP contribution in [-0.4, -0.2) is 28.6 Å². The van der Waals surface area contributed by atoms with E-state index in [1.54, 1.807) is 56.3 Å². The van der Waals surface area contributed by atoms with E-state index in [0.29, 0.717) is 33.4 Å². The van der Waals surface area contributed by atoms with Gasteiger partial charge in [0, 0.05) is 5.02 Å². The number of benzene rings is 2. The molecule has 0 spiro atoms. The minimum absolute atomic E-state index is 0.360. The largest absolute Gasteiger partial charge is 0.478 e. The zero-order valence-corrected chi connectivity index (χ0v) is 15.8. The molecule has 0 unspecified atom stereocenters. The molecule has 3 rings (SSSR count). The number of carbonyl (C=O) groups is 1. The van der Waals surface area contributed by atoms with Gasteiger partial charge in [-0.25, -0.2) is 15.4 Å². The van der Waals surface area contributed by atoms with E-state index in [0.717, 1.165) is 0 Å². The van der Waals surface area contributed by atoms with Gasteiger partial charge in [-0.2, -0.15) is 0 Å². The van der Waals surface area contributed by atoms with Gasteiger partial charge in [0.1, 0.15) is 11.5 Å². The standard InChI is InChI=1S/C19H18ClN3O4/c1-19(2,18(24)23-25-3)27-14-7-5-13(6-8-14)26-17-11-21-16-10-12(20)4-9-15(16)22-17/h4-11H,1-3H3,(H,23,24). The maximum absolute atomic E-state index is 11.9. The van der Waals surface area contributed by atoms with E-state index in [9.17, 15) is 4.79 Å². The summed E-state index contributed by atoms with van der Waals surface area (Å²) in [6, 6.07) is 12.1. The Bertz CT molecular complexity index is 961. The fourth-order valence-corrected chi connectivity index (χ4v) is 2.44. The minimum Gasteiger partial charge on any atom is -0.478 e. The second-order valence-corrected chi connectivity index (χ2v) is 6.60. The number of aromatic nitrogens is 2. The predicted molar refractivity (Wildman–Crippen MR) is 101 cm³/mol. The van der Waals surface area contributed by atoms with Crippen LogP contribution in [0.25, 0.3) is 11.0 Å². The number of nitrogens with one attached hydrogen (secondary N) is 1. The minimum atomic E-state index is -1.09. The van der Waals surface area contributed by atoms with Crippen LogP contribution in [0.3, 0.4) is 0 Å². The molecule has 0 bridgehead atoms. The van der Waals surface area contributed by atoms with Crippen LogP contribution < -0.4 is 15.0 Å². The highest BCUT2D eigenvalue weighted by atomic mass is 35.5. The van der Waals surface area contributed by atoms with E-state index < -0.39 is 11.5 Å². The summed E-state index contributed by atoms with van der Waals surface area (Å²) in [5, 5.41) is 0.600. The number of carbonyl (C=O) groups excluding carboxylic acids is 1. The van der Waals surface area contributed by atoms with E-state index in [1.807, 2.05) is 0 Å². The first kappa shape index (κ1) is 18.9. The summed E-state index contributed by atoms with van der Waals surface area (Å²) in [4.78, 5) is 25.2. The van der Waals surface area contributed by atoms with Gasteiger partial charge in [0.05, 0.1) is 24.3 Å². The third-order valence-electron chi connectivity index (χ3n) is 3.64. The molecule has 0 aliphatic heterocycles. The SMILES string of the molecule is CONC(=O)C(C)(C)Oc1ccc(Oc2cnc3cc(Cl)ccc3n2)cc1. The quantitative estimate of drug-likeness (QED) is 0.646. The lowest BCUT2D eigenvalue weighted by atomic mass is 10.1. The van der Waals surface area contributed by atoms with Crippen LogP contribution in [0, 0.1) is 0 Å². The predicted octanol–water partition coefficient (Wildman–Crippen LogP) is 3.91. The molecule has 0 saturated heterocycles. The molecular formula is C19H18ClN3O4. The van der Waals surface area contributed by atoms with Crippen molar-refractivity contribution in [3.05, 3.63) is 53.7 Å². The molecule has 3 aromatic rings. The van der Waals surface area contributed by atoms with Crippen molar-refractivity contribution in [2.24, 2.45) is 0 Å². The lowest BCUT2D eigenvalue weighted by Crippen LogP contribution is -2.46. The summed E-state index contributed by atoms with van der Waals surface area (Å²) in [5.41, 5.74) is 2.54. The summed E-state index contributed by atoms with van der Waals surface area (Å²) in [5.74, 6) is 1.04. The van der Waals surface area contributed by atoms with Crippen LogP contribution in [0.5, 0.6) is 17.4 Å². The smallest absolute Gasteiger partial charge is 0.287 e. The van der Waals surface area contributed by atoms with Crippen molar-refractivity contribution in [1.29, 1.82) is 0 Å². The third-order valence-corrected chi connectivity index (χ3v) is 3.88. The summed E-state index contributed by atoms with van der Waals surface area (Å²) in [7, 11) is 1.37. The monoisotopic (exact) mass is 387 g/mol. The molecule has 1 amide bonds. The van der Waals surface area contributed by atoms with Crippen LogP contribution in [-0.2, 0) is 9.63 Å². The van der Waals surface area contributed by atoms with Crippen molar-refractivity contribution < 1.29 is 19.1 Å². The molecule has 0 saturated carbocycles. The Morgan fingerprint density at radius 3 is 2.48 bits per heavy atom. The van der Waals surface area contributed by atoms with E-state index in [4.69, 9.17) is 21.1 Å². The van der Waals surface area contributed by atoms with Gasteiger partial charge < -0.3 is 9.47 Å². The zero-order valence-electron chi connectivity index (χ0n) is 15.0. The van der Waals surface area contributed by atoms with Crippen LogP contribution in [0.15, 0.2) is 48.7 Å². The molecule has 0 aliphatic carbocycles. The number of halogens is 1. The number of hydrogen-bond donors (Lipinski definition) is 1. The molecule has 0 fully saturated rings. The van der Waals surface area contributed by atoms with Gasteiger partial charge >= 0.3 is 0 Å². The Kier molecular flexibility index (Phi) is 5.43. The van der Waals surface area contributed by atoms with E-state index in [-0.39, 0.29) is 0 Å². The fraction of sp³-hybridized carbons (Fsp3) is 0.211. The van der Waals surface area contributed by atoms with Crippen molar-refractivity contribution in [2.75, 3.05) is 7.11 Å². The number of ether oxygens (including phenoxy) is 2. The Labute approximate surface area is 161 Å². The average molecular weight is 388 g/mol. The maximum atomic E-state index is 11.9. The number of rotatable bonds is 6. The zero-order chi connectivity index (χ0) is 19.4. The molecule has 8 heteroatoms. The lowest BCUT2D eigenvalue weighted by Gasteiger charge is -2.24. The van der Waals surface area contributed by atoms with Gasteiger partial charge in [-0.1, -0.05) is 11.6 Å². The van der Waals surface area contributed by atoms with Gasteiger partial charge in [0.2, 0.25) is 5.88 Å². The Morgan fingerprint density at radius 1 is 1.07 bits per heavy atom. The highest BCUT2D eigenvalue weighted by Crippen LogP contribution is 2.26. The summed E-state index contributed by atoms with van der Waals surface area (Å²) in [6.45, 7) is 3.28. The van der Waals surface area contributed by atoms with E-state index in [1.165, 1.54) is 13.3 Å². The van der Waals surface area contributed by atoms with Crippen molar-refractivity contribution >= 4 is 28.5 Å². The molecule has 0 aliphatic rings. The molecule has 0 radical (unpaired) electrons. The van der Waals surface area contributed by atoms with Gasteiger partial charge in [0.25, 0.3) is 5.91 Å². The summed E-state index contributed by atoms with van der Waals surface area (Å²) in [6.07, 6.45) is 1.53. The van der Waals surface area contributed by atoms with E-state index in [2.05, 4.69) is 20.3 Å². The molecule has 7 nitrogen and oxygen atoms in total. The van der Waals surface area contributed by atoms with Crippen molar-refractivity contribution in [3.8, 4) is 17.4 Å². The first-order chi connectivity index (χ1) is 12.9. The molecule has 27 heavy (non-hydrogen) atoms. The number of hydroxylamine groups is 1. The molecule has 1 N–H and O–H groups in total. The normalized spacial score (nSPS) is 11.3. The summed E-state index contributed by atoms with van der Waals surface area (Å²) < 4.78 is 11.4. The Hall–Kier alpha value is -2.90. The molecule has 140 valence electrons. The summed E-state index contributed by atoms with van der Waals surface area (Å²) >= 11 is 5.94. The number of hydrogen-bond acceptors (Lipinski definition) is 6. The first-order valence-electron chi connectivity index (χ1n) is 8.10. The van der Waals surface area contributed by atoms with Crippen LogP contribution in [0.4, 0.5) is 0 Å². The Balaban J connectivity index is 1.70. The van der Waals surface area contributed by atoms with Gasteiger partial charge in [-0.15, -0.1) is 0 Å². The molecular weight excluding hydrogens is 370 g/mol. The van der Waals surface area contributed by atoms with Crippen LogP contribution in [0.2, 0.25) is 5.02 Å². The number of nitrogens with zero attached hydrogens (tertiary/aromatic N) is 2. The fourth-order valence-electron chi connectivity index (χ4n) is 2.27. The first-order valence-corrected chi connectivity index (χ1v) is 8.48. The molecule has 1 heterocycles. The average Bonchev–Trinajstić information content (AvgIpc) is 2.63. The van der Waals surface area contributed by atoms with Crippen LogP contribution >= 0.6 is 11.6 Å². The molecule has 0 atom stereocenters. The van der Waals surface area contributed by atoms with Crippen molar-refractivity contribution in [2.45, 2.75) is 19.4 Å². The number of fused-ring (bicyclic) bond motifs is 1. The molecule has 1 aromatic heterocycles. The van der Waals surface area contributed by atoms with Gasteiger partial charge in [0.15, 0.2) is 5.60 Å². The number of amides is 1. The second kappa shape index (κ2) is 7.77. The Morgan fingerprint density at radius 2 is 1.78 bits per heavy atom. The molecule has 2 aromatic carbocycles. The lowest BCUT2D eigenvalue weighted by molar-refractivity contribution is -0.145.